The van der Waals surface area contributed by atoms with Crippen LogP contribution in [0.1, 0.15) is 11.1 Å². The molecule has 0 N–H and O–H groups in total. The Kier molecular flexibility index (Phi) is 5.31. The van der Waals surface area contributed by atoms with Crippen LogP contribution in [0, 0.1) is 3.95 Å². The zero-order valence-corrected chi connectivity index (χ0v) is 14.8. The lowest BCUT2D eigenvalue weighted by molar-refractivity contribution is 0.658. The Hall–Kier alpha value is -1.14. The minimum atomic E-state index is 0.720. The van der Waals surface area contributed by atoms with Crippen molar-refractivity contribution in [3.8, 4) is 0 Å². The van der Waals surface area contributed by atoms with Crippen molar-refractivity contribution < 1.29 is 0 Å². The Balaban J connectivity index is 1.67. The Morgan fingerprint density at radius 2 is 1.77 bits per heavy atom. The summed E-state index contributed by atoms with van der Waals surface area (Å²) < 4.78 is 3.69. The summed E-state index contributed by atoms with van der Waals surface area (Å²) in [7, 11) is 0. The first-order chi connectivity index (χ1) is 10.7. The third-order valence-corrected chi connectivity index (χ3v) is 5.80. The predicted octanol–water partition coefficient (Wildman–Crippen LogP) is 5.67. The van der Waals surface area contributed by atoms with Crippen LogP contribution >= 0.6 is 46.9 Å². The Labute approximate surface area is 147 Å². The molecule has 0 spiro atoms. The fourth-order valence-corrected chi connectivity index (χ4v) is 4.34. The highest BCUT2D eigenvalue weighted by Crippen LogP contribution is 2.26. The highest BCUT2D eigenvalue weighted by molar-refractivity contribution is 8.00. The maximum atomic E-state index is 5.90. The van der Waals surface area contributed by atoms with Crippen LogP contribution in [0.5, 0.6) is 0 Å². The molecule has 0 unspecified atom stereocenters. The van der Waals surface area contributed by atoms with E-state index in [1.54, 1.807) is 23.1 Å². The summed E-state index contributed by atoms with van der Waals surface area (Å²) in [4.78, 5) is 0. The molecule has 0 aliphatic carbocycles. The third-order valence-electron chi connectivity index (χ3n) is 3.04. The van der Waals surface area contributed by atoms with E-state index in [1.807, 2.05) is 47.1 Å². The van der Waals surface area contributed by atoms with Gasteiger partial charge in [-0.1, -0.05) is 77.2 Å². The van der Waals surface area contributed by atoms with Crippen LogP contribution in [0.25, 0.3) is 0 Å². The fourth-order valence-electron chi connectivity index (χ4n) is 1.93. The van der Waals surface area contributed by atoms with E-state index in [9.17, 15) is 0 Å². The van der Waals surface area contributed by atoms with Gasteiger partial charge in [-0.05, 0) is 35.5 Å². The van der Waals surface area contributed by atoms with Crippen molar-refractivity contribution in [1.82, 2.24) is 9.78 Å². The largest absolute Gasteiger partial charge is 0.239 e. The smallest absolute Gasteiger partial charge is 0.180 e. The number of hydrogen-bond acceptors (Lipinski definition) is 4. The van der Waals surface area contributed by atoms with E-state index in [1.165, 1.54) is 11.1 Å². The van der Waals surface area contributed by atoms with Gasteiger partial charge in [-0.3, -0.25) is 0 Å². The first-order valence-electron chi connectivity index (χ1n) is 6.70. The molecule has 6 heteroatoms. The molecule has 0 aliphatic rings. The van der Waals surface area contributed by atoms with Gasteiger partial charge in [-0.2, -0.15) is 5.10 Å². The predicted molar refractivity (Wildman–Crippen MR) is 97.5 cm³/mol. The molecule has 1 aromatic heterocycles. The van der Waals surface area contributed by atoms with E-state index in [4.69, 9.17) is 23.8 Å². The van der Waals surface area contributed by atoms with Crippen molar-refractivity contribution in [1.29, 1.82) is 0 Å². The number of benzene rings is 2. The highest BCUT2D eigenvalue weighted by atomic mass is 35.5. The third kappa shape index (κ3) is 4.20. The van der Waals surface area contributed by atoms with Crippen molar-refractivity contribution >= 4 is 46.9 Å². The zero-order chi connectivity index (χ0) is 15.4. The highest BCUT2D eigenvalue weighted by Gasteiger charge is 2.05. The SMILES string of the molecule is S=c1sc(SCc2ccc(Cl)cc2)nn1Cc1ccccc1. The molecule has 0 saturated heterocycles. The molecule has 2 nitrogen and oxygen atoms in total. The second-order valence-corrected chi connectivity index (χ2v) is 7.97. The summed E-state index contributed by atoms with van der Waals surface area (Å²) in [6.07, 6.45) is 0. The Morgan fingerprint density at radius 1 is 1.05 bits per heavy atom. The van der Waals surface area contributed by atoms with Gasteiger partial charge in [-0.15, -0.1) is 0 Å². The molecule has 0 aliphatic heterocycles. The lowest BCUT2D eigenvalue weighted by atomic mass is 10.2. The maximum Gasteiger partial charge on any atom is 0.180 e. The van der Waals surface area contributed by atoms with E-state index in [2.05, 4.69) is 17.2 Å². The summed E-state index contributed by atoms with van der Waals surface area (Å²) >= 11 is 14.6. The van der Waals surface area contributed by atoms with E-state index in [-0.39, 0.29) is 0 Å². The van der Waals surface area contributed by atoms with Crippen molar-refractivity contribution in [2.45, 2.75) is 16.6 Å². The molecular weight excluding hydrogens is 352 g/mol. The van der Waals surface area contributed by atoms with Gasteiger partial charge in [0, 0.05) is 10.8 Å². The number of thioether (sulfide) groups is 1. The second-order valence-electron chi connectivity index (χ2n) is 4.69. The van der Waals surface area contributed by atoms with E-state index in [0.29, 0.717) is 0 Å². The van der Waals surface area contributed by atoms with Crippen LogP contribution in [0.15, 0.2) is 58.9 Å². The molecule has 3 aromatic rings. The van der Waals surface area contributed by atoms with Crippen LogP contribution in [-0.2, 0) is 12.3 Å². The average Bonchev–Trinajstić information content (AvgIpc) is 2.88. The van der Waals surface area contributed by atoms with Crippen molar-refractivity contribution in [2.75, 3.05) is 0 Å². The number of hydrogen-bond donors (Lipinski definition) is 0. The minimum Gasteiger partial charge on any atom is -0.239 e. The standard InChI is InChI=1S/C16H13ClN2S3/c17-14-8-6-13(7-9-14)11-21-15-18-19(16(20)22-15)10-12-4-2-1-3-5-12/h1-9H,10-11H2. The summed E-state index contributed by atoms with van der Waals surface area (Å²) in [6, 6.07) is 18.1. The summed E-state index contributed by atoms with van der Waals surface area (Å²) in [6.45, 7) is 0.720. The monoisotopic (exact) mass is 364 g/mol. The lowest BCUT2D eigenvalue weighted by Crippen LogP contribution is -2.01. The molecule has 22 heavy (non-hydrogen) atoms. The van der Waals surface area contributed by atoms with Gasteiger partial charge in [0.05, 0.1) is 6.54 Å². The average molecular weight is 365 g/mol. The van der Waals surface area contributed by atoms with Crippen LogP contribution < -0.4 is 0 Å². The first kappa shape index (κ1) is 15.7. The molecule has 0 amide bonds. The fraction of sp³-hybridized carbons (Fsp3) is 0.125. The second kappa shape index (κ2) is 7.42. The van der Waals surface area contributed by atoms with E-state index < -0.39 is 0 Å². The van der Waals surface area contributed by atoms with Crippen LogP contribution in [0.2, 0.25) is 5.02 Å². The topological polar surface area (TPSA) is 17.8 Å². The van der Waals surface area contributed by atoms with Crippen LogP contribution in [-0.4, -0.2) is 9.78 Å². The molecule has 112 valence electrons. The van der Waals surface area contributed by atoms with Crippen LogP contribution in [0.3, 0.4) is 0 Å². The number of nitrogens with zero attached hydrogens (tertiary/aromatic N) is 2. The van der Waals surface area contributed by atoms with Gasteiger partial charge in [0.25, 0.3) is 0 Å². The molecule has 1 heterocycles. The van der Waals surface area contributed by atoms with Gasteiger partial charge in [0.15, 0.2) is 8.29 Å². The summed E-state index contributed by atoms with van der Waals surface area (Å²) in [5.41, 5.74) is 2.43. The van der Waals surface area contributed by atoms with E-state index >= 15 is 0 Å². The first-order valence-corrected chi connectivity index (χ1v) is 9.29. The van der Waals surface area contributed by atoms with E-state index in [0.717, 1.165) is 25.6 Å². The number of aromatic nitrogens is 2. The summed E-state index contributed by atoms with van der Waals surface area (Å²) in [5, 5.41) is 5.37. The van der Waals surface area contributed by atoms with Gasteiger partial charge in [0.1, 0.15) is 0 Å². The van der Waals surface area contributed by atoms with Gasteiger partial charge in [0.2, 0.25) is 0 Å². The Bertz CT molecular complexity index is 794. The molecule has 0 bridgehead atoms. The summed E-state index contributed by atoms with van der Waals surface area (Å²) in [5.74, 6) is 0.866. The maximum absolute atomic E-state index is 5.90. The normalized spacial score (nSPS) is 10.8. The van der Waals surface area contributed by atoms with Gasteiger partial charge in [-0.25, -0.2) is 4.68 Å². The van der Waals surface area contributed by atoms with Gasteiger partial charge < -0.3 is 0 Å². The lowest BCUT2D eigenvalue weighted by Gasteiger charge is -2.01. The molecule has 2 aromatic carbocycles. The van der Waals surface area contributed by atoms with Crippen molar-refractivity contribution in [2.24, 2.45) is 0 Å². The number of rotatable bonds is 5. The van der Waals surface area contributed by atoms with Crippen molar-refractivity contribution in [3.63, 3.8) is 0 Å². The van der Waals surface area contributed by atoms with Gasteiger partial charge >= 0.3 is 0 Å². The zero-order valence-electron chi connectivity index (χ0n) is 11.6. The molecular formula is C16H13ClN2S3. The molecule has 0 radical (unpaired) electrons. The molecule has 0 fully saturated rings. The Morgan fingerprint density at radius 3 is 2.50 bits per heavy atom. The number of halogens is 1. The minimum absolute atomic E-state index is 0.720. The molecule has 3 rings (SSSR count). The van der Waals surface area contributed by atoms with Crippen molar-refractivity contribution in [3.05, 3.63) is 74.7 Å². The van der Waals surface area contributed by atoms with Crippen LogP contribution in [0.4, 0.5) is 0 Å². The molecule has 0 atom stereocenters. The quantitative estimate of drug-likeness (QED) is 0.429. The molecule has 0 saturated carbocycles.